The van der Waals surface area contributed by atoms with Crippen molar-refractivity contribution in [1.29, 1.82) is 0 Å². The molecule has 0 radical (unpaired) electrons. The van der Waals surface area contributed by atoms with Gasteiger partial charge in [-0.1, -0.05) is 0 Å². The maximum atomic E-state index is 12.6. The zero-order valence-corrected chi connectivity index (χ0v) is 16.1. The standard InChI is InChI=1S/C19H26N4O5/c1-19(2,27)10-14-17(25)23(18(26)22-14)11-5-7-12(8-6-11)28-16-13(15(20)24)4-3-9-21-16/h3-4,9,11-12,14,27H,5-8,10H2,1-2H3,(H2,20,24)(H,22,26)/t11-,12-,14?. The third-order valence-electron chi connectivity index (χ3n) is 5.08. The van der Waals surface area contributed by atoms with Gasteiger partial charge in [0, 0.05) is 18.7 Å². The number of aromatic nitrogens is 1. The fourth-order valence-electron chi connectivity index (χ4n) is 3.78. The van der Waals surface area contributed by atoms with Crippen molar-refractivity contribution in [3.8, 4) is 5.88 Å². The Bertz CT molecular complexity index is 768. The molecule has 1 aliphatic heterocycles. The minimum absolute atomic E-state index is 0.169. The minimum Gasteiger partial charge on any atom is -0.474 e. The number of nitrogens with zero attached hydrogens (tertiary/aromatic N) is 2. The first-order chi connectivity index (χ1) is 13.2. The first kappa shape index (κ1) is 20.1. The molecule has 9 heteroatoms. The van der Waals surface area contributed by atoms with E-state index in [1.54, 1.807) is 26.0 Å². The number of primary amides is 1. The van der Waals surface area contributed by atoms with E-state index in [0.717, 1.165) is 0 Å². The average Bonchev–Trinajstić information content (AvgIpc) is 2.88. The van der Waals surface area contributed by atoms with Gasteiger partial charge in [-0.2, -0.15) is 0 Å². The molecule has 0 bridgehead atoms. The number of hydrogen-bond acceptors (Lipinski definition) is 6. The number of pyridine rings is 1. The molecule has 2 heterocycles. The fourth-order valence-corrected chi connectivity index (χ4v) is 3.78. The molecule has 1 atom stereocenters. The summed E-state index contributed by atoms with van der Waals surface area (Å²) in [5, 5.41) is 12.6. The van der Waals surface area contributed by atoms with Crippen LogP contribution in [0.1, 0.15) is 56.3 Å². The number of nitrogens with one attached hydrogen (secondary N) is 1. The summed E-state index contributed by atoms with van der Waals surface area (Å²) in [5.41, 5.74) is 4.53. The van der Waals surface area contributed by atoms with Crippen molar-refractivity contribution in [2.24, 2.45) is 5.73 Å². The van der Waals surface area contributed by atoms with E-state index in [1.165, 1.54) is 11.1 Å². The molecule has 2 fully saturated rings. The monoisotopic (exact) mass is 390 g/mol. The van der Waals surface area contributed by atoms with E-state index >= 15 is 0 Å². The summed E-state index contributed by atoms with van der Waals surface area (Å²) in [6.45, 7) is 3.21. The van der Waals surface area contributed by atoms with Crippen LogP contribution in [0.3, 0.4) is 0 Å². The van der Waals surface area contributed by atoms with Gasteiger partial charge >= 0.3 is 6.03 Å². The zero-order chi connectivity index (χ0) is 20.5. The molecule has 0 spiro atoms. The van der Waals surface area contributed by atoms with Crippen molar-refractivity contribution in [2.75, 3.05) is 0 Å². The molecule has 2 aliphatic rings. The fraction of sp³-hybridized carbons (Fsp3) is 0.579. The topological polar surface area (TPSA) is 135 Å². The van der Waals surface area contributed by atoms with Crippen molar-refractivity contribution >= 4 is 17.8 Å². The second kappa shape index (κ2) is 7.75. The molecule has 1 aromatic heterocycles. The van der Waals surface area contributed by atoms with Gasteiger partial charge in [-0.05, 0) is 51.7 Å². The predicted octanol–water partition coefficient (Wildman–Crippen LogP) is 0.952. The molecule has 4 amide bonds. The summed E-state index contributed by atoms with van der Waals surface area (Å²) in [5.74, 6) is -0.690. The van der Waals surface area contributed by atoms with Crippen LogP contribution >= 0.6 is 0 Å². The highest BCUT2D eigenvalue weighted by Crippen LogP contribution is 2.30. The maximum Gasteiger partial charge on any atom is 0.325 e. The van der Waals surface area contributed by atoms with Gasteiger partial charge < -0.3 is 20.9 Å². The molecule has 28 heavy (non-hydrogen) atoms. The molecular formula is C19H26N4O5. The molecule has 0 aromatic carbocycles. The first-order valence-electron chi connectivity index (χ1n) is 9.43. The lowest BCUT2D eigenvalue weighted by molar-refractivity contribution is -0.131. The predicted molar refractivity (Wildman–Crippen MR) is 99.5 cm³/mol. The molecule has 1 saturated carbocycles. The van der Waals surface area contributed by atoms with E-state index < -0.39 is 23.6 Å². The van der Waals surface area contributed by atoms with Gasteiger partial charge in [0.05, 0.1) is 5.60 Å². The lowest BCUT2D eigenvalue weighted by Gasteiger charge is -2.33. The molecule has 152 valence electrons. The van der Waals surface area contributed by atoms with Crippen molar-refractivity contribution in [2.45, 2.75) is 69.7 Å². The van der Waals surface area contributed by atoms with Crippen molar-refractivity contribution in [3.63, 3.8) is 0 Å². The third kappa shape index (κ3) is 4.41. The van der Waals surface area contributed by atoms with E-state index in [-0.39, 0.29) is 35.9 Å². The third-order valence-corrected chi connectivity index (χ3v) is 5.08. The molecule has 1 unspecified atom stereocenters. The largest absolute Gasteiger partial charge is 0.474 e. The van der Waals surface area contributed by atoms with Gasteiger partial charge in [0.1, 0.15) is 17.7 Å². The van der Waals surface area contributed by atoms with Crippen LogP contribution in [0.15, 0.2) is 18.3 Å². The number of rotatable bonds is 6. The Morgan fingerprint density at radius 3 is 2.64 bits per heavy atom. The van der Waals surface area contributed by atoms with Gasteiger partial charge in [0.15, 0.2) is 0 Å². The van der Waals surface area contributed by atoms with E-state index in [0.29, 0.717) is 25.7 Å². The zero-order valence-electron chi connectivity index (χ0n) is 16.1. The second-order valence-electron chi connectivity index (χ2n) is 8.00. The number of ether oxygens (including phenoxy) is 1. The highest BCUT2D eigenvalue weighted by atomic mass is 16.5. The van der Waals surface area contributed by atoms with Gasteiger partial charge in [-0.3, -0.25) is 14.5 Å². The number of aliphatic hydroxyl groups is 1. The van der Waals surface area contributed by atoms with Gasteiger partial charge in [0.25, 0.3) is 11.8 Å². The van der Waals surface area contributed by atoms with Crippen molar-refractivity contribution in [3.05, 3.63) is 23.9 Å². The number of hydrogen-bond donors (Lipinski definition) is 3. The molecular weight excluding hydrogens is 364 g/mol. The molecule has 1 aromatic rings. The van der Waals surface area contributed by atoms with E-state index in [1.807, 2.05) is 0 Å². The van der Waals surface area contributed by atoms with Gasteiger partial charge in [-0.25, -0.2) is 9.78 Å². The maximum absolute atomic E-state index is 12.6. The van der Waals surface area contributed by atoms with Crippen molar-refractivity contribution in [1.82, 2.24) is 15.2 Å². The van der Waals surface area contributed by atoms with Crippen molar-refractivity contribution < 1.29 is 24.2 Å². The van der Waals surface area contributed by atoms with Gasteiger partial charge in [0.2, 0.25) is 5.88 Å². The van der Waals surface area contributed by atoms with Crippen LogP contribution in [-0.4, -0.2) is 56.6 Å². The summed E-state index contributed by atoms with van der Waals surface area (Å²) in [4.78, 5) is 41.8. The number of imide groups is 1. The summed E-state index contributed by atoms with van der Waals surface area (Å²) in [7, 11) is 0. The Morgan fingerprint density at radius 1 is 1.36 bits per heavy atom. The number of amides is 4. The van der Waals surface area contributed by atoms with Crippen LogP contribution < -0.4 is 15.8 Å². The minimum atomic E-state index is -1.05. The number of nitrogens with two attached hydrogens (primary N) is 1. The van der Waals surface area contributed by atoms with E-state index in [4.69, 9.17) is 10.5 Å². The SMILES string of the molecule is CC(C)(O)CC1NC(=O)N([C@H]2CC[C@H](Oc3ncccc3C(N)=O)CC2)C1=O. The first-order valence-corrected chi connectivity index (χ1v) is 9.43. The van der Waals surface area contributed by atoms with E-state index in [9.17, 15) is 19.5 Å². The Morgan fingerprint density at radius 2 is 2.04 bits per heavy atom. The van der Waals surface area contributed by atoms with E-state index in [2.05, 4.69) is 10.3 Å². The quantitative estimate of drug-likeness (QED) is 0.619. The number of urea groups is 1. The highest BCUT2D eigenvalue weighted by molar-refractivity contribution is 6.04. The van der Waals surface area contributed by atoms with Crippen LogP contribution in [-0.2, 0) is 4.79 Å². The Labute approximate surface area is 163 Å². The van der Waals surface area contributed by atoms with Gasteiger partial charge in [-0.15, -0.1) is 0 Å². The Kier molecular flexibility index (Phi) is 5.55. The van der Waals surface area contributed by atoms with Crippen LogP contribution in [0.5, 0.6) is 5.88 Å². The molecule has 4 N–H and O–H groups in total. The summed E-state index contributed by atoms with van der Waals surface area (Å²) in [6, 6.07) is 1.86. The Balaban J connectivity index is 1.59. The van der Waals surface area contributed by atoms with Crippen LogP contribution in [0.25, 0.3) is 0 Å². The number of carbonyl (C=O) groups is 3. The lowest BCUT2D eigenvalue weighted by atomic mass is 9.91. The second-order valence-corrected chi connectivity index (χ2v) is 8.00. The molecule has 1 saturated heterocycles. The highest BCUT2D eigenvalue weighted by Gasteiger charge is 2.44. The summed E-state index contributed by atoms with van der Waals surface area (Å²) >= 11 is 0. The van der Waals surface area contributed by atoms with Crippen LogP contribution in [0.4, 0.5) is 4.79 Å². The Hall–Kier alpha value is -2.68. The average molecular weight is 390 g/mol. The van der Waals surface area contributed by atoms with Crippen LogP contribution in [0.2, 0.25) is 0 Å². The summed E-state index contributed by atoms with van der Waals surface area (Å²) < 4.78 is 5.85. The smallest absolute Gasteiger partial charge is 0.325 e. The number of carbonyl (C=O) groups excluding carboxylic acids is 3. The molecule has 1 aliphatic carbocycles. The lowest BCUT2D eigenvalue weighted by Crippen LogP contribution is -2.44. The van der Waals surface area contributed by atoms with Crippen LogP contribution in [0, 0.1) is 0 Å². The summed E-state index contributed by atoms with van der Waals surface area (Å²) in [6.07, 6.45) is 3.96. The molecule has 3 rings (SSSR count). The molecule has 9 nitrogen and oxygen atoms in total. The normalized spacial score (nSPS) is 25.5.